The zero-order valence-electron chi connectivity index (χ0n) is 9.77. The molecule has 0 fully saturated rings. The molecule has 0 spiro atoms. The van der Waals surface area contributed by atoms with Crippen molar-refractivity contribution in [3.63, 3.8) is 0 Å². The van der Waals surface area contributed by atoms with Crippen molar-refractivity contribution in [2.24, 2.45) is 0 Å². The summed E-state index contributed by atoms with van der Waals surface area (Å²) in [6, 6.07) is 0.232. The summed E-state index contributed by atoms with van der Waals surface area (Å²) in [5, 5.41) is 6.44. The maximum atomic E-state index is 4.51. The summed E-state index contributed by atoms with van der Waals surface area (Å²) in [6.45, 7) is 7.10. The van der Waals surface area contributed by atoms with Gasteiger partial charge in [-0.25, -0.2) is 9.97 Å². The Kier molecular flexibility index (Phi) is 3.24. The lowest BCUT2D eigenvalue weighted by atomic mass is 10.3. The van der Waals surface area contributed by atoms with E-state index in [0.29, 0.717) is 0 Å². The Morgan fingerprint density at radius 2 is 2.38 bits per heavy atom. The topological polar surface area (TPSA) is 42.7 Å². The van der Waals surface area contributed by atoms with Gasteiger partial charge in [-0.05, 0) is 20.8 Å². The van der Waals surface area contributed by atoms with Crippen LogP contribution in [0.25, 0.3) is 0 Å². The van der Waals surface area contributed by atoms with Crippen molar-refractivity contribution in [3.8, 4) is 0 Å². The minimum Gasteiger partial charge on any atom is -0.356 e. The molecule has 0 saturated carbocycles. The standard InChI is InChI=1S/C11H16N4S/c1-4-12-11-13-5-6-15(11)9(3)10-14-8(2)7-16-10/h5-7,9H,4H2,1-3H3,(H,12,13). The molecule has 16 heavy (non-hydrogen) atoms. The van der Waals surface area contributed by atoms with Gasteiger partial charge in [-0.1, -0.05) is 0 Å². The average molecular weight is 236 g/mol. The summed E-state index contributed by atoms with van der Waals surface area (Å²) in [7, 11) is 0. The molecule has 0 aliphatic rings. The Hall–Kier alpha value is -1.36. The molecule has 1 unspecified atom stereocenters. The lowest BCUT2D eigenvalue weighted by molar-refractivity contribution is 0.638. The van der Waals surface area contributed by atoms with Crippen molar-refractivity contribution < 1.29 is 0 Å². The minimum absolute atomic E-state index is 0.232. The molecule has 2 aromatic rings. The molecule has 0 saturated heterocycles. The first-order valence-electron chi connectivity index (χ1n) is 5.41. The molecule has 0 bridgehead atoms. The monoisotopic (exact) mass is 236 g/mol. The second-order valence-electron chi connectivity index (χ2n) is 3.69. The van der Waals surface area contributed by atoms with Crippen LogP contribution in [0.1, 0.15) is 30.6 Å². The summed E-state index contributed by atoms with van der Waals surface area (Å²) in [6.07, 6.45) is 3.80. The molecule has 1 atom stereocenters. The fourth-order valence-corrected chi connectivity index (χ4v) is 2.45. The van der Waals surface area contributed by atoms with E-state index < -0.39 is 0 Å². The van der Waals surface area contributed by atoms with Gasteiger partial charge in [-0.3, -0.25) is 0 Å². The van der Waals surface area contributed by atoms with E-state index in [4.69, 9.17) is 0 Å². The number of hydrogen-bond donors (Lipinski definition) is 1. The Balaban J connectivity index is 2.26. The highest BCUT2D eigenvalue weighted by molar-refractivity contribution is 7.09. The quantitative estimate of drug-likeness (QED) is 0.887. The molecule has 2 aromatic heterocycles. The van der Waals surface area contributed by atoms with E-state index in [2.05, 4.69) is 39.1 Å². The van der Waals surface area contributed by atoms with Gasteiger partial charge in [0.25, 0.3) is 0 Å². The van der Waals surface area contributed by atoms with Crippen LogP contribution in [0.4, 0.5) is 5.95 Å². The number of aromatic nitrogens is 3. The molecule has 2 rings (SSSR count). The number of aryl methyl sites for hydroxylation is 1. The van der Waals surface area contributed by atoms with E-state index in [0.717, 1.165) is 23.2 Å². The number of anilines is 1. The zero-order valence-corrected chi connectivity index (χ0v) is 10.6. The van der Waals surface area contributed by atoms with E-state index >= 15 is 0 Å². The first kappa shape index (κ1) is 11.1. The number of thiazole rings is 1. The van der Waals surface area contributed by atoms with Crippen LogP contribution >= 0.6 is 11.3 Å². The molecule has 1 N–H and O–H groups in total. The summed E-state index contributed by atoms with van der Waals surface area (Å²) in [5.41, 5.74) is 1.08. The maximum absolute atomic E-state index is 4.51. The van der Waals surface area contributed by atoms with Crippen molar-refractivity contribution in [1.29, 1.82) is 0 Å². The first-order chi connectivity index (χ1) is 7.72. The lowest BCUT2D eigenvalue weighted by Crippen LogP contribution is -2.11. The fourth-order valence-electron chi connectivity index (χ4n) is 1.60. The van der Waals surface area contributed by atoms with Gasteiger partial charge in [0.05, 0.1) is 6.04 Å². The van der Waals surface area contributed by atoms with Crippen LogP contribution in [-0.4, -0.2) is 21.1 Å². The molecule has 0 amide bonds. The van der Waals surface area contributed by atoms with Crippen LogP contribution in [0.3, 0.4) is 0 Å². The molecule has 4 nitrogen and oxygen atoms in total. The number of nitrogens with zero attached hydrogens (tertiary/aromatic N) is 3. The predicted molar refractivity (Wildman–Crippen MR) is 67.1 cm³/mol. The van der Waals surface area contributed by atoms with E-state index in [1.165, 1.54) is 0 Å². The summed E-state index contributed by atoms with van der Waals surface area (Å²) < 4.78 is 2.11. The summed E-state index contributed by atoms with van der Waals surface area (Å²) >= 11 is 1.70. The Morgan fingerprint density at radius 3 is 3.00 bits per heavy atom. The third-order valence-electron chi connectivity index (χ3n) is 2.41. The number of nitrogens with one attached hydrogen (secondary N) is 1. The highest BCUT2D eigenvalue weighted by atomic mass is 32.1. The van der Waals surface area contributed by atoms with Crippen molar-refractivity contribution in [3.05, 3.63) is 28.5 Å². The van der Waals surface area contributed by atoms with Crippen molar-refractivity contribution in [1.82, 2.24) is 14.5 Å². The van der Waals surface area contributed by atoms with Crippen LogP contribution in [0, 0.1) is 6.92 Å². The van der Waals surface area contributed by atoms with E-state index in [1.807, 2.05) is 19.3 Å². The van der Waals surface area contributed by atoms with E-state index in [1.54, 1.807) is 11.3 Å². The van der Waals surface area contributed by atoms with E-state index in [-0.39, 0.29) is 6.04 Å². The van der Waals surface area contributed by atoms with Gasteiger partial charge in [-0.15, -0.1) is 11.3 Å². The van der Waals surface area contributed by atoms with Crippen molar-refractivity contribution in [2.75, 3.05) is 11.9 Å². The largest absolute Gasteiger partial charge is 0.356 e. The number of imidazole rings is 1. The molecule has 0 radical (unpaired) electrons. The normalized spacial score (nSPS) is 12.7. The Morgan fingerprint density at radius 1 is 1.56 bits per heavy atom. The van der Waals surface area contributed by atoms with Crippen LogP contribution in [0.5, 0.6) is 0 Å². The molecule has 0 aliphatic carbocycles. The molecular weight excluding hydrogens is 220 g/mol. The third-order valence-corrected chi connectivity index (χ3v) is 3.55. The summed E-state index contributed by atoms with van der Waals surface area (Å²) in [5.74, 6) is 0.905. The van der Waals surface area contributed by atoms with Gasteiger partial charge < -0.3 is 9.88 Å². The lowest BCUT2D eigenvalue weighted by Gasteiger charge is -2.14. The highest BCUT2D eigenvalue weighted by Gasteiger charge is 2.14. The molecule has 5 heteroatoms. The van der Waals surface area contributed by atoms with Gasteiger partial charge in [0, 0.05) is 30.0 Å². The van der Waals surface area contributed by atoms with Crippen molar-refractivity contribution in [2.45, 2.75) is 26.8 Å². The maximum Gasteiger partial charge on any atom is 0.203 e. The predicted octanol–water partition coefficient (Wildman–Crippen LogP) is 2.69. The Labute approximate surface area is 99.4 Å². The minimum atomic E-state index is 0.232. The second kappa shape index (κ2) is 4.65. The second-order valence-corrected chi connectivity index (χ2v) is 4.58. The number of hydrogen-bond acceptors (Lipinski definition) is 4. The molecule has 0 aliphatic heterocycles. The molecule has 0 aromatic carbocycles. The molecule has 86 valence electrons. The van der Waals surface area contributed by atoms with Gasteiger partial charge >= 0.3 is 0 Å². The van der Waals surface area contributed by atoms with Gasteiger partial charge in [0.2, 0.25) is 5.95 Å². The summed E-state index contributed by atoms with van der Waals surface area (Å²) in [4.78, 5) is 8.80. The van der Waals surface area contributed by atoms with Crippen LogP contribution in [-0.2, 0) is 0 Å². The van der Waals surface area contributed by atoms with E-state index in [9.17, 15) is 0 Å². The van der Waals surface area contributed by atoms with Crippen LogP contribution in [0.15, 0.2) is 17.8 Å². The number of rotatable bonds is 4. The highest BCUT2D eigenvalue weighted by Crippen LogP contribution is 2.24. The molecule has 2 heterocycles. The zero-order chi connectivity index (χ0) is 11.5. The molecular formula is C11H16N4S. The Bertz CT molecular complexity index is 460. The third kappa shape index (κ3) is 2.09. The van der Waals surface area contributed by atoms with Gasteiger partial charge in [0.15, 0.2) is 0 Å². The first-order valence-corrected chi connectivity index (χ1v) is 6.29. The average Bonchev–Trinajstić information content (AvgIpc) is 2.87. The van der Waals surface area contributed by atoms with Crippen molar-refractivity contribution >= 4 is 17.3 Å². The van der Waals surface area contributed by atoms with Gasteiger partial charge in [-0.2, -0.15) is 0 Å². The van der Waals surface area contributed by atoms with Gasteiger partial charge in [0.1, 0.15) is 5.01 Å². The van der Waals surface area contributed by atoms with Crippen LogP contribution < -0.4 is 5.32 Å². The van der Waals surface area contributed by atoms with Crippen LogP contribution in [0.2, 0.25) is 0 Å². The smallest absolute Gasteiger partial charge is 0.203 e. The SMILES string of the molecule is CCNc1nccn1C(C)c1nc(C)cs1. The fraction of sp³-hybridized carbons (Fsp3) is 0.455.